The molecule has 1 N–H and O–H groups in total. The Bertz CT molecular complexity index is 1050. The number of benzene rings is 3. The molecule has 1 aliphatic heterocycles. The first kappa shape index (κ1) is 21.2. The van der Waals surface area contributed by atoms with Crippen molar-refractivity contribution < 1.29 is 19.0 Å². The van der Waals surface area contributed by atoms with Crippen molar-refractivity contribution in [3.63, 3.8) is 0 Å². The van der Waals surface area contributed by atoms with Gasteiger partial charge in [-0.25, -0.2) is 0 Å². The van der Waals surface area contributed by atoms with Crippen LogP contribution in [0.4, 0.5) is 0 Å². The molecule has 0 aliphatic carbocycles. The Morgan fingerprint density at radius 2 is 1.71 bits per heavy atom. The summed E-state index contributed by atoms with van der Waals surface area (Å²) in [6, 6.07) is 19.8. The monoisotopic (exact) mass is 420 g/mol. The van der Waals surface area contributed by atoms with Crippen LogP contribution in [0.1, 0.15) is 22.0 Å². The summed E-state index contributed by atoms with van der Waals surface area (Å²) in [5.74, 6) is 1.29. The number of carbonyl (C=O) groups excluding carboxylic acids is 1. The Kier molecular flexibility index (Phi) is 6.70. The molecule has 0 saturated carbocycles. The van der Waals surface area contributed by atoms with Crippen LogP contribution in [-0.4, -0.2) is 57.9 Å². The van der Waals surface area contributed by atoms with E-state index in [0.717, 1.165) is 29.4 Å². The number of morpholine rings is 1. The summed E-state index contributed by atoms with van der Waals surface area (Å²) < 4.78 is 16.4. The molecule has 0 aromatic heterocycles. The van der Waals surface area contributed by atoms with E-state index in [2.05, 4.69) is 10.2 Å². The van der Waals surface area contributed by atoms with Crippen molar-refractivity contribution in [2.45, 2.75) is 6.04 Å². The Balaban J connectivity index is 1.55. The molecule has 1 fully saturated rings. The van der Waals surface area contributed by atoms with Crippen LogP contribution in [0.5, 0.6) is 11.5 Å². The second-order valence-corrected chi connectivity index (χ2v) is 7.55. The summed E-state index contributed by atoms with van der Waals surface area (Å²) in [7, 11) is 3.26. The highest BCUT2D eigenvalue weighted by Gasteiger charge is 2.24. The molecule has 1 unspecified atom stereocenters. The largest absolute Gasteiger partial charge is 0.493 e. The molecule has 1 saturated heterocycles. The maximum atomic E-state index is 12.9. The van der Waals surface area contributed by atoms with Gasteiger partial charge in [0.2, 0.25) is 0 Å². The van der Waals surface area contributed by atoms with E-state index in [4.69, 9.17) is 14.2 Å². The Hall–Kier alpha value is -3.09. The summed E-state index contributed by atoms with van der Waals surface area (Å²) in [4.78, 5) is 15.3. The number of fused-ring (bicyclic) bond motifs is 1. The van der Waals surface area contributed by atoms with Crippen molar-refractivity contribution in [3.05, 3.63) is 71.8 Å². The van der Waals surface area contributed by atoms with E-state index in [9.17, 15) is 4.79 Å². The van der Waals surface area contributed by atoms with Crippen LogP contribution in [0.25, 0.3) is 10.8 Å². The molecular formula is C25H28N2O4. The molecule has 6 nitrogen and oxygen atoms in total. The number of carbonyl (C=O) groups is 1. The highest BCUT2D eigenvalue weighted by atomic mass is 16.5. The number of nitrogens with one attached hydrogen (secondary N) is 1. The van der Waals surface area contributed by atoms with Gasteiger partial charge >= 0.3 is 0 Å². The van der Waals surface area contributed by atoms with Crippen molar-refractivity contribution >= 4 is 16.7 Å². The lowest BCUT2D eigenvalue weighted by molar-refractivity contribution is 0.0162. The van der Waals surface area contributed by atoms with Crippen molar-refractivity contribution in [1.82, 2.24) is 10.2 Å². The van der Waals surface area contributed by atoms with Crippen LogP contribution in [0.2, 0.25) is 0 Å². The SMILES string of the molecule is COc1ccc(C(CNC(=O)c2ccc3ccccc3c2)N2CCOCC2)cc1OC. The van der Waals surface area contributed by atoms with E-state index in [-0.39, 0.29) is 11.9 Å². The second kappa shape index (κ2) is 9.81. The summed E-state index contributed by atoms with van der Waals surface area (Å²) in [5, 5.41) is 5.31. The third kappa shape index (κ3) is 4.81. The zero-order valence-corrected chi connectivity index (χ0v) is 18.0. The molecule has 4 rings (SSSR count). The first-order chi connectivity index (χ1) is 15.2. The molecule has 3 aromatic carbocycles. The van der Waals surface area contributed by atoms with Crippen LogP contribution in [0.3, 0.4) is 0 Å². The van der Waals surface area contributed by atoms with Crippen molar-refractivity contribution in [3.8, 4) is 11.5 Å². The molecule has 162 valence electrons. The number of ether oxygens (including phenoxy) is 3. The van der Waals surface area contributed by atoms with Gasteiger partial charge in [0.15, 0.2) is 11.5 Å². The molecule has 31 heavy (non-hydrogen) atoms. The van der Waals surface area contributed by atoms with Gasteiger partial charge in [-0.1, -0.05) is 36.4 Å². The maximum Gasteiger partial charge on any atom is 0.251 e. The minimum atomic E-state index is -0.0792. The predicted octanol–water partition coefficient (Wildman–Crippen LogP) is 3.66. The van der Waals surface area contributed by atoms with Crippen LogP contribution in [-0.2, 0) is 4.74 Å². The van der Waals surface area contributed by atoms with E-state index in [1.807, 2.05) is 60.7 Å². The summed E-state index contributed by atoms with van der Waals surface area (Å²) >= 11 is 0. The van der Waals surface area contributed by atoms with Crippen LogP contribution < -0.4 is 14.8 Å². The van der Waals surface area contributed by atoms with Gasteiger partial charge in [0.1, 0.15) is 0 Å². The van der Waals surface area contributed by atoms with Gasteiger partial charge in [0, 0.05) is 25.2 Å². The van der Waals surface area contributed by atoms with Gasteiger partial charge in [-0.15, -0.1) is 0 Å². The van der Waals surface area contributed by atoms with E-state index in [0.29, 0.717) is 36.8 Å². The average molecular weight is 421 g/mol. The van der Waals surface area contributed by atoms with Gasteiger partial charge in [-0.05, 0) is 40.6 Å². The predicted molar refractivity (Wildman–Crippen MR) is 121 cm³/mol. The fraction of sp³-hybridized carbons (Fsp3) is 0.320. The summed E-state index contributed by atoms with van der Waals surface area (Å²) in [5.41, 5.74) is 1.73. The molecule has 1 amide bonds. The quantitative estimate of drug-likeness (QED) is 0.632. The van der Waals surface area contributed by atoms with Crippen molar-refractivity contribution in [2.75, 3.05) is 47.1 Å². The third-order valence-corrected chi connectivity index (χ3v) is 5.75. The minimum absolute atomic E-state index is 0.00751. The molecule has 1 heterocycles. The van der Waals surface area contributed by atoms with Gasteiger partial charge in [0.25, 0.3) is 5.91 Å². The number of hydrogen-bond acceptors (Lipinski definition) is 5. The highest BCUT2D eigenvalue weighted by Crippen LogP contribution is 2.32. The highest BCUT2D eigenvalue weighted by molar-refractivity contribution is 5.98. The van der Waals surface area contributed by atoms with Gasteiger partial charge < -0.3 is 19.5 Å². The molecule has 0 spiro atoms. The molecule has 0 bridgehead atoms. The van der Waals surface area contributed by atoms with E-state index in [1.165, 1.54) is 0 Å². The lowest BCUT2D eigenvalue weighted by Gasteiger charge is -2.35. The Morgan fingerprint density at radius 1 is 0.968 bits per heavy atom. The second-order valence-electron chi connectivity index (χ2n) is 7.55. The molecule has 0 radical (unpaired) electrons. The standard InChI is InChI=1S/C25H28N2O4/c1-29-23-10-9-20(16-24(23)30-2)22(27-11-13-31-14-12-27)17-26-25(28)21-8-7-18-5-3-4-6-19(18)15-21/h3-10,15-16,22H,11-14,17H2,1-2H3,(H,26,28). The van der Waals surface area contributed by atoms with E-state index in [1.54, 1.807) is 14.2 Å². The molecular weight excluding hydrogens is 392 g/mol. The normalized spacial score (nSPS) is 15.4. The van der Waals surface area contributed by atoms with Crippen LogP contribution >= 0.6 is 0 Å². The fourth-order valence-corrected chi connectivity index (χ4v) is 4.03. The first-order valence-corrected chi connectivity index (χ1v) is 10.5. The van der Waals surface area contributed by atoms with Gasteiger partial charge in [-0.3, -0.25) is 9.69 Å². The minimum Gasteiger partial charge on any atom is -0.493 e. The number of rotatable bonds is 7. The maximum absolute atomic E-state index is 12.9. The zero-order valence-electron chi connectivity index (χ0n) is 18.0. The molecule has 6 heteroatoms. The summed E-state index contributed by atoms with van der Waals surface area (Å²) in [6.07, 6.45) is 0. The fourth-order valence-electron chi connectivity index (χ4n) is 4.03. The smallest absolute Gasteiger partial charge is 0.251 e. The topological polar surface area (TPSA) is 60.0 Å². The van der Waals surface area contributed by atoms with Crippen LogP contribution in [0.15, 0.2) is 60.7 Å². The number of hydrogen-bond donors (Lipinski definition) is 1. The molecule has 1 aliphatic rings. The van der Waals surface area contributed by atoms with E-state index >= 15 is 0 Å². The molecule has 3 aromatic rings. The number of methoxy groups -OCH3 is 2. The zero-order chi connectivity index (χ0) is 21.6. The molecule has 1 atom stereocenters. The van der Waals surface area contributed by atoms with Crippen molar-refractivity contribution in [1.29, 1.82) is 0 Å². The summed E-state index contributed by atoms with van der Waals surface area (Å²) in [6.45, 7) is 3.47. The van der Waals surface area contributed by atoms with Gasteiger partial charge in [0.05, 0.1) is 33.5 Å². The Labute approximate surface area is 182 Å². The van der Waals surface area contributed by atoms with Gasteiger partial charge in [-0.2, -0.15) is 0 Å². The number of amides is 1. The lowest BCUT2D eigenvalue weighted by atomic mass is 10.0. The lowest BCUT2D eigenvalue weighted by Crippen LogP contribution is -2.43. The number of nitrogens with zero attached hydrogens (tertiary/aromatic N) is 1. The average Bonchev–Trinajstić information content (AvgIpc) is 2.84. The van der Waals surface area contributed by atoms with E-state index < -0.39 is 0 Å². The first-order valence-electron chi connectivity index (χ1n) is 10.5. The van der Waals surface area contributed by atoms with Crippen LogP contribution in [0, 0.1) is 0 Å². The van der Waals surface area contributed by atoms with Crippen molar-refractivity contribution in [2.24, 2.45) is 0 Å². The third-order valence-electron chi connectivity index (χ3n) is 5.75. The Morgan fingerprint density at radius 3 is 2.45 bits per heavy atom.